The van der Waals surface area contributed by atoms with Crippen molar-refractivity contribution in [3.8, 4) is 0 Å². The van der Waals surface area contributed by atoms with Crippen LogP contribution < -0.4 is 10.6 Å². The molecule has 94 valence electrons. The van der Waals surface area contributed by atoms with Crippen LogP contribution in [-0.4, -0.2) is 39.8 Å². The molecular weight excluding hydrogens is 246 g/mol. The van der Waals surface area contributed by atoms with Gasteiger partial charge in [0.05, 0.1) is 6.54 Å². The predicted octanol–water partition coefficient (Wildman–Crippen LogP) is -0.222. The van der Waals surface area contributed by atoms with E-state index in [4.69, 9.17) is 10.2 Å². The Labute approximate surface area is 101 Å². The molecule has 0 unspecified atom stereocenters. The van der Waals surface area contributed by atoms with Gasteiger partial charge < -0.3 is 20.8 Å². The molecule has 0 saturated heterocycles. The van der Waals surface area contributed by atoms with Crippen molar-refractivity contribution in [3.05, 3.63) is 16.6 Å². The molecule has 8 heteroatoms. The Bertz CT molecular complexity index is 368. The normalized spacial score (nSPS) is 11.8. The number of aliphatic hydroxyl groups excluding tert-OH is 1. The highest BCUT2D eigenvalue weighted by atomic mass is 32.1. The Morgan fingerprint density at radius 3 is 2.82 bits per heavy atom. The lowest BCUT2D eigenvalue weighted by atomic mass is 10.2. The smallest absolute Gasteiger partial charge is 0.332 e. The molecule has 0 bridgehead atoms. The molecule has 7 nitrogen and oxygen atoms in total. The molecule has 1 aromatic rings. The minimum atomic E-state index is -1.45. The molecule has 0 aromatic carbocycles. The SMILES string of the molecule is O=C(NCC[C@H](O)C(=O)O)NCc1nccs1. The van der Waals surface area contributed by atoms with Crippen LogP contribution in [0.5, 0.6) is 0 Å². The number of hydrogen-bond donors (Lipinski definition) is 4. The highest BCUT2D eigenvalue weighted by molar-refractivity contribution is 7.09. The van der Waals surface area contributed by atoms with Gasteiger partial charge in [-0.3, -0.25) is 0 Å². The van der Waals surface area contributed by atoms with Crippen LogP contribution in [0.3, 0.4) is 0 Å². The Morgan fingerprint density at radius 2 is 2.24 bits per heavy atom. The predicted molar refractivity (Wildman–Crippen MR) is 60.6 cm³/mol. The molecule has 1 aromatic heterocycles. The van der Waals surface area contributed by atoms with Gasteiger partial charge in [-0.25, -0.2) is 14.6 Å². The van der Waals surface area contributed by atoms with Crippen LogP contribution in [0.15, 0.2) is 11.6 Å². The van der Waals surface area contributed by atoms with E-state index in [2.05, 4.69) is 15.6 Å². The molecule has 4 N–H and O–H groups in total. The summed E-state index contributed by atoms with van der Waals surface area (Å²) in [7, 11) is 0. The van der Waals surface area contributed by atoms with Gasteiger partial charge in [-0.2, -0.15) is 0 Å². The fraction of sp³-hybridized carbons (Fsp3) is 0.444. The zero-order valence-electron chi connectivity index (χ0n) is 8.92. The van der Waals surface area contributed by atoms with Crippen molar-refractivity contribution in [2.75, 3.05) is 6.54 Å². The first-order valence-corrected chi connectivity index (χ1v) is 5.78. The minimum absolute atomic E-state index is 0.0278. The first kappa shape index (κ1) is 13.4. The maximum absolute atomic E-state index is 11.2. The minimum Gasteiger partial charge on any atom is -0.479 e. The number of thiazole rings is 1. The van der Waals surface area contributed by atoms with Crippen LogP contribution in [0.1, 0.15) is 11.4 Å². The Hall–Kier alpha value is -1.67. The number of aliphatic carboxylic acids is 1. The number of carbonyl (C=O) groups is 2. The van der Waals surface area contributed by atoms with Crippen molar-refractivity contribution in [2.45, 2.75) is 19.1 Å². The van der Waals surface area contributed by atoms with Gasteiger partial charge in [-0.15, -0.1) is 11.3 Å². The lowest BCUT2D eigenvalue weighted by molar-refractivity contribution is -0.146. The molecule has 1 rings (SSSR count). The van der Waals surface area contributed by atoms with E-state index in [1.807, 2.05) is 0 Å². The lowest BCUT2D eigenvalue weighted by Gasteiger charge is -2.07. The zero-order valence-corrected chi connectivity index (χ0v) is 9.74. The molecule has 2 amide bonds. The van der Waals surface area contributed by atoms with E-state index in [-0.39, 0.29) is 13.0 Å². The molecule has 0 spiro atoms. The number of aliphatic hydroxyl groups is 1. The number of carbonyl (C=O) groups excluding carboxylic acids is 1. The van der Waals surface area contributed by atoms with E-state index in [0.717, 1.165) is 5.01 Å². The second-order valence-corrected chi connectivity index (χ2v) is 4.16. The van der Waals surface area contributed by atoms with Crippen LogP contribution >= 0.6 is 11.3 Å². The first-order chi connectivity index (χ1) is 8.09. The fourth-order valence-corrected chi connectivity index (χ4v) is 1.56. The van der Waals surface area contributed by atoms with Crippen LogP contribution in [-0.2, 0) is 11.3 Å². The van der Waals surface area contributed by atoms with Gasteiger partial charge in [0, 0.05) is 24.5 Å². The van der Waals surface area contributed by atoms with E-state index in [0.29, 0.717) is 6.54 Å². The monoisotopic (exact) mass is 259 g/mol. The zero-order chi connectivity index (χ0) is 12.7. The van der Waals surface area contributed by atoms with Gasteiger partial charge in [-0.1, -0.05) is 0 Å². The third-order valence-electron chi connectivity index (χ3n) is 1.87. The average molecular weight is 259 g/mol. The van der Waals surface area contributed by atoms with Crippen molar-refractivity contribution in [1.29, 1.82) is 0 Å². The molecular formula is C9H13N3O4S. The van der Waals surface area contributed by atoms with E-state index in [9.17, 15) is 9.59 Å². The average Bonchev–Trinajstić information content (AvgIpc) is 2.78. The summed E-state index contributed by atoms with van der Waals surface area (Å²) >= 11 is 1.43. The Kier molecular flexibility index (Phi) is 5.37. The third-order valence-corrected chi connectivity index (χ3v) is 2.65. The number of urea groups is 1. The molecule has 17 heavy (non-hydrogen) atoms. The summed E-state index contributed by atoms with van der Waals surface area (Å²) in [5.74, 6) is -1.30. The van der Waals surface area contributed by atoms with E-state index in [1.54, 1.807) is 11.6 Å². The van der Waals surface area contributed by atoms with E-state index >= 15 is 0 Å². The summed E-state index contributed by atoms with van der Waals surface area (Å²) in [6, 6.07) is -0.419. The molecule has 0 aliphatic heterocycles. The number of amides is 2. The maximum Gasteiger partial charge on any atom is 0.332 e. The molecule has 1 heterocycles. The van der Waals surface area contributed by atoms with Crippen molar-refractivity contribution in [3.63, 3.8) is 0 Å². The summed E-state index contributed by atoms with van der Waals surface area (Å²) < 4.78 is 0. The fourth-order valence-electron chi connectivity index (χ4n) is 1.00. The van der Waals surface area contributed by atoms with Crippen LogP contribution in [0.25, 0.3) is 0 Å². The molecule has 0 saturated carbocycles. The maximum atomic E-state index is 11.2. The second kappa shape index (κ2) is 6.81. The number of rotatable bonds is 6. The number of hydrogen-bond acceptors (Lipinski definition) is 5. The lowest BCUT2D eigenvalue weighted by Crippen LogP contribution is -2.37. The summed E-state index contributed by atoms with van der Waals surface area (Å²) in [6.07, 6.45) is 0.164. The van der Waals surface area contributed by atoms with Gasteiger partial charge in [-0.05, 0) is 0 Å². The molecule has 0 fully saturated rings. The van der Waals surface area contributed by atoms with Gasteiger partial charge in [0.15, 0.2) is 6.10 Å². The van der Waals surface area contributed by atoms with E-state index in [1.165, 1.54) is 11.3 Å². The van der Waals surface area contributed by atoms with Crippen molar-refractivity contribution < 1.29 is 19.8 Å². The quantitative estimate of drug-likeness (QED) is 0.564. The number of aromatic nitrogens is 1. The molecule has 1 atom stereocenters. The number of nitrogens with zero attached hydrogens (tertiary/aromatic N) is 1. The van der Waals surface area contributed by atoms with Gasteiger partial charge in [0.1, 0.15) is 5.01 Å². The summed E-state index contributed by atoms with van der Waals surface area (Å²) in [5.41, 5.74) is 0. The number of carboxylic acid groups (broad SMARTS) is 1. The largest absolute Gasteiger partial charge is 0.479 e. The molecule has 0 aliphatic rings. The molecule has 0 aliphatic carbocycles. The number of carboxylic acids is 1. The summed E-state index contributed by atoms with van der Waals surface area (Å²) in [6.45, 7) is 0.419. The Morgan fingerprint density at radius 1 is 1.47 bits per heavy atom. The summed E-state index contributed by atoms with van der Waals surface area (Å²) in [4.78, 5) is 25.5. The van der Waals surface area contributed by atoms with Gasteiger partial charge in [0.25, 0.3) is 0 Å². The first-order valence-electron chi connectivity index (χ1n) is 4.90. The topological polar surface area (TPSA) is 112 Å². The van der Waals surface area contributed by atoms with E-state index < -0.39 is 18.1 Å². The van der Waals surface area contributed by atoms with Crippen molar-refractivity contribution >= 4 is 23.3 Å². The van der Waals surface area contributed by atoms with Crippen LogP contribution in [0, 0.1) is 0 Å². The summed E-state index contributed by atoms with van der Waals surface area (Å²) in [5, 5.41) is 24.9. The second-order valence-electron chi connectivity index (χ2n) is 3.18. The highest BCUT2D eigenvalue weighted by Crippen LogP contribution is 2.02. The third kappa shape index (κ3) is 5.27. The highest BCUT2D eigenvalue weighted by Gasteiger charge is 2.12. The molecule has 0 radical (unpaired) electrons. The van der Waals surface area contributed by atoms with Crippen LogP contribution in [0.2, 0.25) is 0 Å². The Balaban J connectivity index is 2.11. The van der Waals surface area contributed by atoms with Crippen molar-refractivity contribution in [1.82, 2.24) is 15.6 Å². The van der Waals surface area contributed by atoms with Gasteiger partial charge >= 0.3 is 12.0 Å². The van der Waals surface area contributed by atoms with Crippen molar-refractivity contribution in [2.24, 2.45) is 0 Å². The van der Waals surface area contributed by atoms with Crippen LogP contribution in [0.4, 0.5) is 4.79 Å². The van der Waals surface area contributed by atoms with Gasteiger partial charge in [0.2, 0.25) is 0 Å². The standard InChI is InChI=1S/C9H13N3O4S/c13-6(8(14)15)1-2-11-9(16)12-5-7-10-3-4-17-7/h3-4,6,13H,1-2,5H2,(H,14,15)(H2,11,12,16)/t6-/m0/s1. The number of nitrogens with one attached hydrogen (secondary N) is 2.